The molecule has 0 heterocycles. The molecule has 3 nitrogen and oxygen atoms in total. The van der Waals surface area contributed by atoms with Crippen molar-refractivity contribution in [2.24, 2.45) is 0 Å². The van der Waals surface area contributed by atoms with Crippen LogP contribution in [0.25, 0.3) is 0 Å². The highest BCUT2D eigenvalue weighted by Gasteiger charge is 2.07. The minimum absolute atomic E-state index is 0.115. The maximum atomic E-state index is 12.0. The molecule has 23 heavy (non-hydrogen) atoms. The monoisotopic (exact) mass is 339 g/mol. The third kappa shape index (κ3) is 5.87. The van der Waals surface area contributed by atoms with Crippen LogP contribution < -0.4 is 10.1 Å². The molecule has 0 saturated carbocycles. The van der Waals surface area contributed by atoms with Crippen molar-refractivity contribution < 1.29 is 18.3 Å². The number of amides is 1. The van der Waals surface area contributed by atoms with E-state index in [1.54, 1.807) is 18.2 Å². The molecule has 1 amide bonds. The minimum Gasteiger partial charge on any atom is -0.435 e. The summed E-state index contributed by atoms with van der Waals surface area (Å²) in [4.78, 5) is 11.9. The van der Waals surface area contributed by atoms with E-state index in [-0.39, 0.29) is 18.1 Å². The van der Waals surface area contributed by atoms with Crippen LogP contribution in [0.5, 0.6) is 5.75 Å². The van der Waals surface area contributed by atoms with Gasteiger partial charge in [0.15, 0.2) is 0 Å². The maximum Gasteiger partial charge on any atom is 0.387 e. The third-order valence-corrected chi connectivity index (χ3v) is 3.56. The van der Waals surface area contributed by atoms with Crippen molar-refractivity contribution in [3.63, 3.8) is 0 Å². The van der Waals surface area contributed by atoms with Gasteiger partial charge in [0.05, 0.1) is 6.42 Å². The Balaban J connectivity index is 1.76. The number of rotatable bonds is 7. The van der Waals surface area contributed by atoms with Gasteiger partial charge in [-0.2, -0.15) is 8.78 Å². The first kappa shape index (κ1) is 17.2. The Bertz CT molecular complexity index is 647. The smallest absolute Gasteiger partial charge is 0.387 e. The molecule has 0 aliphatic heterocycles. The summed E-state index contributed by atoms with van der Waals surface area (Å²) in [6, 6.07) is 13.5. The molecule has 2 rings (SSSR count). The second-order valence-corrected chi connectivity index (χ2v) is 5.30. The van der Waals surface area contributed by atoms with Gasteiger partial charge in [0, 0.05) is 11.6 Å². The largest absolute Gasteiger partial charge is 0.435 e. The molecule has 6 heteroatoms. The zero-order valence-electron chi connectivity index (χ0n) is 12.3. The fourth-order valence-electron chi connectivity index (χ4n) is 2.06. The maximum absolute atomic E-state index is 12.0. The van der Waals surface area contributed by atoms with E-state index in [2.05, 4.69) is 10.1 Å². The van der Waals surface area contributed by atoms with Crippen LogP contribution in [-0.2, 0) is 17.6 Å². The number of carbonyl (C=O) groups is 1. The fourth-order valence-corrected chi connectivity index (χ4v) is 2.26. The van der Waals surface area contributed by atoms with Gasteiger partial charge in [-0.1, -0.05) is 41.9 Å². The summed E-state index contributed by atoms with van der Waals surface area (Å²) in [7, 11) is 0. The van der Waals surface area contributed by atoms with Gasteiger partial charge in [-0.15, -0.1) is 0 Å². The van der Waals surface area contributed by atoms with Crippen LogP contribution in [0, 0.1) is 0 Å². The lowest BCUT2D eigenvalue weighted by Crippen LogP contribution is -2.27. The Kier molecular flexibility index (Phi) is 6.35. The molecule has 0 aliphatic carbocycles. The molecule has 0 fully saturated rings. The Labute approximate surface area is 138 Å². The molecule has 0 radical (unpaired) electrons. The molecule has 0 aromatic heterocycles. The summed E-state index contributed by atoms with van der Waals surface area (Å²) in [6.45, 7) is -2.37. The second kappa shape index (κ2) is 8.48. The Morgan fingerprint density at radius 1 is 1.13 bits per heavy atom. The van der Waals surface area contributed by atoms with Crippen LogP contribution in [-0.4, -0.2) is 19.1 Å². The first-order valence-corrected chi connectivity index (χ1v) is 7.46. The normalized spacial score (nSPS) is 10.6. The average Bonchev–Trinajstić information content (AvgIpc) is 2.51. The van der Waals surface area contributed by atoms with E-state index in [9.17, 15) is 13.6 Å². The highest BCUT2D eigenvalue weighted by atomic mass is 35.5. The minimum atomic E-state index is -2.83. The van der Waals surface area contributed by atoms with Gasteiger partial charge in [-0.25, -0.2) is 0 Å². The average molecular weight is 340 g/mol. The lowest BCUT2D eigenvalue weighted by molar-refractivity contribution is -0.120. The molecule has 1 N–H and O–H groups in total. The predicted octanol–water partition coefficient (Wildman–Crippen LogP) is 3.84. The van der Waals surface area contributed by atoms with Crippen LogP contribution >= 0.6 is 11.6 Å². The number of carbonyl (C=O) groups excluding carboxylic acids is 1. The Hall–Kier alpha value is -2.14. The van der Waals surface area contributed by atoms with Crippen molar-refractivity contribution in [2.75, 3.05) is 6.54 Å². The van der Waals surface area contributed by atoms with E-state index in [0.29, 0.717) is 18.0 Å². The summed E-state index contributed by atoms with van der Waals surface area (Å²) < 4.78 is 28.4. The number of ether oxygens (including phenoxy) is 1. The van der Waals surface area contributed by atoms with E-state index in [1.165, 1.54) is 12.1 Å². The standard InChI is InChI=1S/C17H16ClF2NO2/c18-15-4-2-1-3-13(15)11-16(22)21-10-9-12-5-7-14(8-6-12)23-17(19)20/h1-8,17H,9-11H2,(H,21,22). The predicted molar refractivity (Wildman–Crippen MR) is 84.9 cm³/mol. The van der Waals surface area contributed by atoms with E-state index in [0.717, 1.165) is 11.1 Å². The van der Waals surface area contributed by atoms with Crippen LogP contribution in [0.3, 0.4) is 0 Å². The molecular formula is C17H16ClF2NO2. The number of halogens is 3. The number of hydrogen-bond acceptors (Lipinski definition) is 2. The third-order valence-electron chi connectivity index (χ3n) is 3.19. The van der Waals surface area contributed by atoms with E-state index >= 15 is 0 Å². The first-order valence-electron chi connectivity index (χ1n) is 7.08. The zero-order chi connectivity index (χ0) is 16.7. The molecule has 2 aromatic rings. The fraction of sp³-hybridized carbons (Fsp3) is 0.235. The molecule has 0 saturated heterocycles. The van der Waals surface area contributed by atoms with Crippen molar-refractivity contribution in [2.45, 2.75) is 19.5 Å². The van der Waals surface area contributed by atoms with Crippen molar-refractivity contribution in [3.8, 4) is 5.75 Å². The molecular weight excluding hydrogens is 324 g/mol. The number of benzene rings is 2. The SMILES string of the molecule is O=C(Cc1ccccc1Cl)NCCc1ccc(OC(F)F)cc1. The van der Waals surface area contributed by atoms with Crippen molar-refractivity contribution in [1.29, 1.82) is 0 Å². The lowest BCUT2D eigenvalue weighted by Gasteiger charge is -2.08. The molecule has 0 bridgehead atoms. The second-order valence-electron chi connectivity index (χ2n) is 4.89. The van der Waals surface area contributed by atoms with E-state index in [4.69, 9.17) is 11.6 Å². The Morgan fingerprint density at radius 3 is 2.48 bits per heavy atom. The quantitative estimate of drug-likeness (QED) is 0.832. The van der Waals surface area contributed by atoms with Gasteiger partial charge in [-0.05, 0) is 35.7 Å². The molecule has 0 aliphatic rings. The van der Waals surface area contributed by atoms with Gasteiger partial charge in [-0.3, -0.25) is 4.79 Å². The summed E-state index contributed by atoms with van der Waals surface area (Å²) in [5.74, 6) is 0.00209. The van der Waals surface area contributed by atoms with Crippen LogP contribution in [0.2, 0.25) is 5.02 Å². The lowest BCUT2D eigenvalue weighted by atomic mass is 10.1. The van der Waals surface area contributed by atoms with Gasteiger partial charge in [0.2, 0.25) is 5.91 Å². The highest BCUT2D eigenvalue weighted by molar-refractivity contribution is 6.31. The Morgan fingerprint density at radius 2 is 1.83 bits per heavy atom. The van der Waals surface area contributed by atoms with E-state index < -0.39 is 6.61 Å². The highest BCUT2D eigenvalue weighted by Crippen LogP contribution is 2.16. The summed E-state index contributed by atoms with van der Waals surface area (Å²) in [5.41, 5.74) is 1.70. The van der Waals surface area contributed by atoms with Gasteiger partial charge in [0.1, 0.15) is 5.75 Å². The van der Waals surface area contributed by atoms with E-state index in [1.807, 2.05) is 18.2 Å². The van der Waals surface area contributed by atoms with Crippen molar-refractivity contribution in [1.82, 2.24) is 5.32 Å². The summed E-state index contributed by atoms with van der Waals surface area (Å²) in [6.07, 6.45) is 0.823. The van der Waals surface area contributed by atoms with Crippen LogP contribution in [0.1, 0.15) is 11.1 Å². The van der Waals surface area contributed by atoms with Gasteiger partial charge >= 0.3 is 6.61 Å². The van der Waals surface area contributed by atoms with Crippen LogP contribution in [0.4, 0.5) is 8.78 Å². The molecule has 0 atom stereocenters. The van der Waals surface area contributed by atoms with Crippen molar-refractivity contribution in [3.05, 3.63) is 64.7 Å². The van der Waals surface area contributed by atoms with Crippen LogP contribution in [0.15, 0.2) is 48.5 Å². The molecule has 122 valence electrons. The number of nitrogens with one attached hydrogen (secondary N) is 1. The van der Waals surface area contributed by atoms with Crippen molar-refractivity contribution >= 4 is 17.5 Å². The molecule has 0 spiro atoms. The summed E-state index contributed by atoms with van der Waals surface area (Å²) >= 11 is 6.00. The molecule has 2 aromatic carbocycles. The topological polar surface area (TPSA) is 38.3 Å². The molecule has 0 unspecified atom stereocenters. The number of hydrogen-bond donors (Lipinski definition) is 1. The van der Waals surface area contributed by atoms with Gasteiger partial charge in [0.25, 0.3) is 0 Å². The first-order chi connectivity index (χ1) is 11.0. The zero-order valence-corrected chi connectivity index (χ0v) is 13.0. The number of alkyl halides is 2. The summed E-state index contributed by atoms with van der Waals surface area (Å²) in [5, 5.41) is 3.37. The van der Waals surface area contributed by atoms with Gasteiger partial charge < -0.3 is 10.1 Å².